The smallest absolute Gasteiger partial charge is 0.144 e. The first-order valence-corrected chi connectivity index (χ1v) is 4.56. The maximum absolute atomic E-state index is 11.2. The monoisotopic (exact) mass is 173 g/mol. The van der Waals surface area contributed by atoms with E-state index >= 15 is 0 Å². The first kappa shape index (κ1) is 10.6. The Kier molecular flexibility index (Phi) is 3.66. The van der Waals surface area contributed by atoms with E-state index in [9.17, 15) is 4.21 Å². The first-order valence-electron chi connectivity index (χ1n) is 3.45. The number of rotatable bonds is 2. The Morgan fingerprint density at radius 2 is 2.00 bits per heavy atom. The molecule has 0 aliphatic carbocycles. The molecule has 0 saturated heterocycles. The molecule has 0 radical (unpaired) electrons. The fourth-order valence-corrected chi connectivity index (χ4v) is 0.888. The SMILES string of the molecule is C=C(C)/C=N/S(=O)C(C)(C)C. The fourth-order valence-electron chi connectivity index (χ4n) is 0.296. The van der Waals surface area contributed by atoms with Gasteiger partial charge in [-0.15, -0.1) is 0 Å². The van der Waals surface area contributed by atoms with Crippen molar-refractivity contribution in [1.82, 2.24) is 0 Å². The van der Waals surface area contributed by atoms with Crippen LogP contribution < -0.4 is 0 Å². The molecule has 0 saturated carbocycles. The molecular formula is C8H15NOS. The molecule has 0 aromatic heterocycles. The van der Waals surface area contributed by atoms with Crippen molar-refractivity contribution >= 4 is 17.2 Å². The lowest BCUT2D eigenvalue weighted by atomic mass is 10.3. The van der Waals surface area contributed by atoms with Gasteiger partial charge in [-0.25, -0.2) is 4.21 Å². The molecule has 0 N–H and O–H groups in total. The summed E-state index contributed by atoms with van der Waals surface area (Å²) < 4.78 is 14.8. The van der Waals surface area contributed by atoms with Gasteiger partial charge in [0.15, 0.2) is 0 Å². The van der Waals surface area contributed by atoms with Crippen molar-refractivity contribution in [3.8, 4) is 0 Å². The second-order valence-corrected chi connectivity index (χ2v) is 5.38. The van der Waals surface area contributed by atoms with Gasteiger partial charge < -0.3 is 0 Å². The molecule has 0 spiro atoms. The van der Waals surface area contributed by atoms with Gasteiger partial charge in [0, 0.05) is 6.21 Å². The highest BCUT2D eigenvalue weighted by Gasteiger charge is 2.17. The van der Waals surface area contributed by atoms with Crippen LogP contribution in [0.2, 0.25) is 0 Å². The van der Waals surface area contributed by atoms with E-state index in [4.69, 9.17) is 0 Å². The molecule has 11 heavy (non-hydrogen) atoms. The maximum Gasteiger partial charge on any atom is 0.144 e. The first-order chi connectivity index (χ1) is 4.84. The minimum Gasteiger partial charge on any atom is -0.234 e. The van der Waals surface area contributed by atoms with Crippen molar-refractivity contribution in [2.24, 2.45) is 4.40 Å². The van der Waals surface area contributed by atoms with Crippen LogP contribution in [0.5, 0.6) is 0 Å². The molecule has 1 atom stereocenters. The topological polar surface area (TPSA) is 29.4 Å². The van der Waals surface area contributed by atoms with Crippen LogP contribution >= 0.6 is 0 Å². The molecule has 0 aromatic rings. The largest absolute Gasteiger partial charge is 0.234 e. The van der Waals surface area contributed by atoms with E-state index in [2.05, 4.69) is 11.0 Å². The molecule has 0 amide bonds. The van der Waals surface area contributed by atoms with Crippen molar-refractivity contribution in [2.45, 2.75) is 32.4 Å². The zero-order chi connectivity index (χ0) is 9.07. The summed E-state index contributed by atoms with van der Waals surface area (Å²) >= 11 is 0. The van der Waals surface area contributed by atoms with Crippen LogP contribution in [-0.4, -0.2) is 15.2 Å². The normalized spacial score (nSPS) is 15.3. The molecule has 0 aliphatic heterocycles. The van der Waals surface area contributed by atoms with Crippen molar-refractivity contribution in [3.63, 3.8) is 0 Å². The molecule has 0 bridgehead atoms. The summed E-state index contributed by atoms with van der Waals surface area (Å²) in [6.45, 7) is 11.1. The predicted molar refractivity (Wildman–Crippen MR) is 51.2 cm³/mol. The second kappa shape index (κ2) is 3.81. The molecule has 2 nitrogen and oxygen atoms in total. The third kappa shape index (κ3) is 4.90. The molecule has 1 unspecified atom stereocenters. The third-order valence-electron chi connectivity index (χ3n) is 0.893. The van der Waals surface area contributed by atoms with Gasteiger partial charge in [-0.3, -0.25) is 0 Å². The molecule has 64 valence electrons. The van der Waals surface area contributed by atoms with Crippen LogP contribution in [0.25, 0.3) is 0 Å². The third-order valence-corrected chi connectivity index (χ3v) is 2.24. The zero-order valence-electron chi connectivity index (χ0n) is 7.55. The Balaban J connectivity index is 4.20. The highest BCUT2D eigenvalue weighted by molar-refractivity contribution is 7.85. The van der Waals surface area contributed by atoms with Gasteiger partial charge in [0.1, 0.15) is 11.0 Å². The predicted octanol–water partition coefficient (Wildman–Crippen LogP) is 2.10. The van der Waals surface area contributed by atoms with E-state index in [1.807, 2.05) is 27.7 Å². The quantitative estimate of drug-likeness (QED) is 0.588. The van der Waals surface area contributed by atoms with Gasteiger partial charge in [0.05, 0.1) is 4.75 Å². The molecule has 0 heterocycles. The van der Waals surface area contributed by atoms with E-state index in [1.54, 1.807) is 6.21 Å². The van der Waals surface area contributed by atoms with E-state index in [0.29, 0.717) is 0 Å². The molecule has 0 aromatic carbocycles. The van der Waals surface area contributed by atoms with E-state index in [0.717, 1.165) is 5.57 Å². The average molecular weight is 173 g/mol. The number of hydrogen-bond donors (Lipinski definition) is 0. The second-order valence-electron chi connectivity index (χ2n) is 3.44. The van der Waals surface area contributed by atoms with Gasteiger partial charge in [-0.1, -0.05) is 6.58 Å². The van der Waals surface area contributed by atoms with E-state index in [1.165, 1.54) is 0 Å². The minimum atomic E-state index is -1.15. The summed E-state index contributed by atoms with van der Waals surface area (Å²) in [6, 6.07) is 0. The number of nitrogens with zero attached hydrogens (tertiary/aromatic N) is 1. The number of hydrogen-bond acceptors (Lipinski definition) is 1. The van der Waals surface area contributed by atoms with Crippen LogP contribution in [0.15, 0.2) is 16.5 Å². The average Bonchev–Trinajstić information content (AvgIpc) is 1.80. The standard InChI is InChI=1S/C8H15NOS/c1-7(2)6-9-11(10)8(3,4)5/h6H,1H2,2-5H3/b9-6+. The molecular weight excluding hydrogens is 158 g/mol. The van der Waals surface area contributed by atoms with Crippen molar-refractivity contribution < 1.29 is 4.21 Å². The summed E-state index contributed by atoms with van der Waals surface area (Å²) in [7, 11) is -1.15. The Morgan fingerprint density at radius 1 is 1.55 bits per heavy atom. The summed E-state index contributed by atoms with van der Waals surface area (Å²) in [5.41, 5.74) is 0.822. The lowest BCUT2D eigenvalue weighted by Gasteiger charge is -2.12. The zero-order valence-corrected chi connectivity index (χ0v) is 8.36. The summed E-state index contributed by atoms with van der Waals surface area (Å²) in [5, 5.41) is 0. The van der Waals surface area contributed by atoms with Crippen LogP contribution in [0.4, 0.5) is 0 Å². The van der Waals surface area contributed by atoms with Crippen molar-refractivity contribution in [3.05, 3.63) is 12.2 Å². The van der Waals surface area contributed by atoms with Crippen LogP contribution in [-0.2, 0) is 11.0 Å². The summed E-state index contributed by atoms with van der Waals surface area (Å²) in [4.78, 5) is 0. The van der Waals surface area contributed by atoms with Crippen molar-refractivity contribution in [1.29, 1.82) is 0 Å². The molecule has 0 aliphatic rings. The molecule has 0 rings (SSSR count). The highest BCUT2D eigenvalue weighted by atomic mass is 32.2. The Morgan fingerprint density at radius 3 is 2.27 bits per heavy atom. The van der Waals surface area contributed by atoms with Gasteiger partial charge in [-0.2, -0.15) is 4.40 Å². The fraction of sp³-hybridized carbons (Fsp3) is 0.625. The minimum absolute atomic E-state index is 0.272. The van der Waals surface area contributed by atoms with Crippen LogP contribution in [0, 0.1) is 0 Å². The lowest BCUT2D eigenvalue weighted by molar-refractivity contribution is 0.651. The van der Waals surface area contributed by atoms with E-state index < -0.39 is 11.0 Å². The molecule has 3 heteroatoms. The summed E-state index contributed by atoms with van der Waals surface area (Å²) in [5.74, 6) is 0. The van der Waals surface area contributed by atoms with Crippen molar-refractivity contribution in [2.75, 3.05) is 0 Å². The highest BCUT2D eigenvalue weighted by Crippen LogP contribution is 2.11. The van der Waals surface area contributed by atoms with Gasteiger partial charge in [0.25, 0.3) is 0 Å². The van der Waals surface area contributed by atoms with Gasteiger partial charge in [0.2, 0.25) is 0 Å². The Hall–Kier alpha value is -0.440. The van der Waals surface area contributed by atoms with Gasteiger partial charge >= 0.3 is 0 Å². The van der Waals surface area contributed by atoms with E-state index in [-0.39, 0.29) is 4.75 Å². The summed E-state index contributed by atoms with van der Waals surface area (Å²) in [6.07, 6.45) is 1.54. The Labute approximate surface area is 71.0 Å². The van der Waals surface area contributed by atoms with Crippen LogP contribution in [0.3, 0.4) is 0 Å². The molecule has 0 fully saturated rings. The van der Waals surface area contributed by atoms with Gasteiger partial charge in [-0.05, 0) is 33.3 Å². The Bertz CT molecular complexity index is 201. The van der Waals surface area contributed by atoms with Crippen LogP contribution in [0.1, 0.15) is 27.7 Å². The number of allylic oxidation sites excluding steroid dienone is 1. The maximum atomic E-state index is 11.2. The lowest BCUT2D eigenvalue weighted by Crippen LogP contribution is -2.19.